The van der Waals surface area contributed by atoms with Gasteiger partial charge in [0.2, 0.25) is 11.8 Å². The van der Waals surface area contributed by atoms with Gasteiger partial charge in [0.1, 0.15) is 0 Å². The van der Waals surface area contributed by atoms with Crippen LogP contribution in [0.4, 0.5) is 0 Å². The number of nitrogens with zero attached hydrogens (tertiary/aromatic N) is 3. The molecule has 1 aromatic heterocycles. The first-order valence-corrected chi connectivity index (χ1v) is 9.62. The van der Waals surface area contributed by atoms with Gasteiger partial charge in [-0.15, -0.1) is 0 Å². The number of fused-ring (bicyclic) bond motifs is 1. The van der Waals surface area contributed by atoms with Crippen LogP contribution >= 0.6 is 11.3 Å². The minimum Gasteiger partial charge on any atom is -0.297 e. The molecule has 1 aliphatic carbocycles. The maximum atomic E-state index is 12.5. The van der Waals surface area contributed by atoms with Crippen LogP contribution in [0.3, 0.4) is 0 Å². The summed E-state index contributed by atoms with van der Waals surface area (Å²) in [6, 6.07) is 2.17. The summed E-state index contributed by atoms with van der Waals surface area (Å²) in [6.07, 6.45) is 5.53. The summed E-state index contributed by atoms with van der Waals surface area (Å²) < 4.78 is 0. The molecule has 1 aromatic rings. The lowest BCUT2D eigenvalue weighted by molar-refractivity contribution is -0.142. The van der Waals surface area contributed by atoms with Gasteiger partial charge in [-0.2, -0.15) is 11.3 Å². The molecular formula is C18H23N3O2S. The molecule has 2 atom stereocenters. The van der Waals surface area contributed by atoms with Gasteiger partial charge in [-0.25, -0.2) is 0 Å². The van der Waals surface area contributed by atoms with E-state index in [1.165, 1.54) is 10.5 Å². The molecule has 6 heteroatoms. The number of rotatable bonds is 4. The topological polar surface area (TPSA) is 43.9 Å². The number of amides is 2. The Balaban J connectivity index is 1.31. The fourth-order valence-corrected chi connectivity index (χ4v) is 4.60. The Labute approximate surface area is 146 Å². The smallest absolute Gasteiger partial charge is 0.234 e. The zero-order chi connectivity index (χ0) is 16.5. The van der Waals surface area contributed by atoms with Gasteiger partial charge in [-0.3, -0.25) is 24.3 Å². The predicted molar refractivity (Wildman–Crippen MR) is 93.2 cm³/mol. The number of piperazine rings is 1. The maximum absolute atomic E-state index is 12.5. The van der Waals surface area contributed by atoms with Crippen LogP contribution in [0.2, 0.25) is 0 Å². The van der Waals surface area contributed by atoms with Crippen LogP contribution in [0.25, 0.3) is 0 Å². The fourth-order valence-electron chi connectivity index (χ4n) is 3.94. The second kappa shape index (κ2) is 6.78. The van der Waals surface area contributed by atoms with Gasteiger partial charge in [0, 0.05) is 32.7 Å². The first-order chi connectivity index (χ1) is 11.7. The molecule has 0 radical (unpaired) electrons. The van der Waals surface area contributed by atoms with Crippen LogP contribution in [-0.4, -0.2) is 59.4 Å². The normalized spacial score (nSPS) is 28.6. The lowest BCUT2D eigenvalue weighted by Gasteiger charge is -2.36. The highest BCUT2D eigenvalue weighted by Crippen LogP contribution is 2.35. The van der Waals surface area contributed by atoms with Crippen molar-refractivity contribution in [3.05, 3.63) is 34.5 Å². The van der Waals surface area contributed by atoms with Crippen LogP contribution < -0.4 is 0 Å². The number of carbonyl (C=O) groups excluding carboxylic acids is 2. The van der Waals surface area contributed by atoms with E-state index in [0.29, 0.717) is 6.67 Å². The average Bonchev–Trinajstić information content (AvgIpc) is 3.20. The molecule has 4 rings (SSSR count). The van der Waals surface area contributed by atoms with Crippen molar-refractivity contribution >= 4 is 23.2 Å². The van der Waals surface area contributed by atoms with Gasteiger partial charge in [-0.1, -0.05) is 12.2 Å². The molecule has 3 heterocycles. The summed E-state index contributed by atoms with van der Waals surface area (Å²) in [5, 5.41) is 4.31. The number of allylic oxidation sites excluding steroid dienone is 2. The second-order valence-electron chi connectivity index (χ2n) is 6.93. The van der Waals surface area contributed by atoms with Crippen LogP contribution in [0.5, 0.6) is 0 Å². The zero-order valence-electron chi connectivity index (χ0n) is 13.8. The minimum atomic E-state index is -0.109. The van der Waals surface area contributed by atoms with Crippen molar-refractivity contribution in [3.63, 3.8) is 0 Å². The summed E-state index contributed by atoms with van der Waals surface area (Å²) in [7, 11) is 0. The molecule has 0 bridgehead atoms. The monoisotopic (exact) mass is 345 g/mol. The van der Waals surface area contributed by atoms with E-state index >= 15 is 0 Å². The highest BCUT2D eigenvalue weighted by Gasteiger charge is 2.47. The molecule has 2 aliphatic heterocycles. The van der Waals surface area contributed by atoms with Gasteiger partial charge < -0.3 is 0 Å². The third-order valence-corrected chi connectivity index (χ3v) is 6.12. The van der Waals surface area contributed by atoms with Crippen molar-refractivity contribution < 1.29 is 9.59 Å². The summed E-state index contributed by atoms with van der Waals surface area (Å²) in [5.41, 5.74) is 1.37. The van der Waals surface area contributed by atoms with Gasteiger partial charge in [0.05, 0.1) is 18.5 Å². The van der Waals surface area contributed by atoms with Crippen molar-refractivity contribution in [2.75, 3.05) is 32.8 Å². The first kappa shape index (κ1) is 16.0. The SMILES string of the molecule is O=C1[C@@H]2CC=CC[C@H]2C(=O)N1CN1CCN(Cc2ccsc2)CC1. The fraction of sp³-hybridized carbons (Fsp3) is 0.556. The Morgan fingerprint density at radius 3 is 2.17 bits per heavy atom. The molecule has 0 aromatic carbocycles. The Hall–Kier alpha value is -1.50. The molecule has 24 heavy (non-hydrogen) atoms. The predicted octanol–water partition coefficient (Wildman–Crippen LogP) is 1.77. The molecule has 0 N–H and O–H groups in total. The van der Waals surface area contributed by atoms with Crippen LogP contribution in [0.15, 0.2) is 29.0 Å². The first-order valence-electron chi connectivity index (χ1n) is 8.68. The van der Waals surface area contributed by atoms with E-state index in [9.17, 15) is 9.59 Å². The van der Waals surface area contributed by atoms with Gasteiger partial charge in [0.25, 0.3) is 0 Å². The van der Waals surface area contributed by atoms with E-state index in [0.717, 1.165) is 45.6 Å². The maximum Gasteiger partial charge on any atom is 0.234 e. The molecule has 5 nitrogen and oxygen atoms in total. The number of thiophene rings is 1. The Kier molecular flexibility index (Phi) is 4.52. The van der Waals surface area contributed by atoms with Crippen LogP contribution in [0.1, 0.15) is 18.4 Å². The van der Waals surface area contributed by atoms with Crippen LogP contribution in [-0.2, 0) is 16.1 Å². The van der Waals surface area contributed by atoms with Crippen molar-refractivity contribution in [1.82, 2.24) is 14.7 Å². The van der Waals surface area contributed by atoms with E-state index in [-0.39, 0.29) is 23.7 Å². The second-order valence-corrected chi connectivity index (χ2v) is 7.71. The lowest BCUT2D eigenvalue weighted by Crippen LogP contribution is -2.51. The third kappa shape index (κ3) is 3.06. The van der Waals surface area contributed by atoms with E-state index in [1.54, 1.807) is 11.3 Å². The Bertz CT molecular complexity index is 609. The quantitative estimate of drug-likeness (QED) is 0.616. The standard InChI is InChI=1S/C18H23N3O2S/c22-17-15-3-1-2-4-16(15)18(23)21(17)13-20-8-6-19(7-9-20)11-14-5-10-24-12-14/h1-2,5,10,12,15-16H,3-4,6-9,11,13H2/t15-,16-/m1/s1. The highest BCUT2D eigenvalue weighted by molar-refractivity contribution is 7.07. The molecule has 2 amide bonds. The molecule has 2 saturated heterocycles. The van der Waals surface area contributed by atoms with Crippen molar-refractivity contribution in [2.24, 2.45) is 11.8 Å². The van der Waals surface area contributed by atoms with E-state index < -0.39 is 0 Å². The number of imide groups is 1. The highest BCUT2D eigenvalue weighted by atomic mass is 32.1. The zero-order valence-corrected chi connectivity index (χ0v) is 14.6. The van der Waals surface area contributed by atoms with E-state index in [1.807, 2.05) is 12.2 Å². The number of hydrogen-bond donors (Lipinski definition) is 0. The molecule has 2 fully saturated rings. The molecule has 0 spiro atoms. The van der Waals surface area contributed by atoms with E-state index in [2.05, 4.69) is 26.6 Å². The number of likely N-dealkylation sites (tertiary alicyclic amines) is 1. The van der Waals surface area contributed by atoms with Gasteiger partial charge in [0.15, 0.2) is 0 Å². The molecule has 0 unspecified atom stereocenters. The third-order valence-electron chi connectivity index (χ3n) is 5.39. The van der Waals surface area contributed by atoms with Crippen molar-refractivity contribution in [3.8, 4) is 0 Å². The average molecular weight is 345 g/mol. The number of hydrogen-bond acceptors (Lipinski definition) is 5. The Morgan fingerprint density at radius 2 is 1.58 bits per heavy atom. The lowest BCUT2D eigenvalue weighted by atomic mass is 9.85. The van der Waals surface area contributed by atoms with Gasteiger partial charge >= 0.3 is 0 Å². The van der Waals surface area contributed by atoms with E-state index in [4.69, 9.17) is 0 Å². The molecule has 3 aliphatic rings. The molecule has 128 valence electrons. The number of carbonyl (C=O) groups is 2. The summed E-state index contributed by atoms with van der Waals surface area (Å²) in [4.78, 5) is 31.3. The summed E-state index contributed by atoms with van der Waals surface area (Å²) in [6.45, 7) is 5.26. The largest absolute Gasteiger partial charge is 0.297 e. The van der Waals surface area contributed by atoms with Crippen molar-refractivity contribution in [2.45, 2.75) is 19.4 Å². The Morgan fingerprint density at radius 1 is 0.958 bits per heavy atom. The summed E-state index contributed by atoms with van der Waals surface area (Å²) in [5.74, 6) is -0.144. The minimum absolute atomic E-state index is 0.0371. The van der Waals surface area contributed by atoms with Gasteiger partial charge in [-0.05, 0) is 35.2 Å². The van der Waals surface area contributed by atoms with Crippen molar-refractivity contribution in [1.29, 1.82) is 0 Å². The summed E-state index contributed by atoms with van der Waals surface area (Å²) >= 11 is 1.74. The van der Waals surface area contributed by atoms with Crippen LogP contribution in [0, 0.1) is 11.8 Å². The molecular weight excluding hydrogens is 322 g/mol. The molecule has 0 saturated carbocycles.